The van der Waals surface area contributed by atoms with E-state index in [4.69, 9.17) is 33.2 Å². The van der Waals surface area contributed by atoms with Gasteiger partial charge in [0.25, 0.3) is 0 Å². The van der Waals surface area contributed by atoms with Crippen LogP contribution in [0.1, 0.15) is 25.0 Å². The summed E-state index contributed by atoms with van der Waals surface area (Å²) >= 11 is 12.0. The highest BCUT2D eigenvalue weighted by atomic mass is 35.5. The Balaban J connectivity index is 1.88. The highest BCUT2D eigenvalue weighted by Gasteiger charge is 2.05. The number of likely N-dealkylation sites (N-methyl/N-ethyl adjacent to an activating group) is 1. The van der Waals surface area contributed by atoms with Crippen LogP contribution in [0, 0.1) is 0 Å². The number of halogens is 2. The Morgan fingerprint density at radius 1 is 0.733 bits per heavy atom. The molecule has 0 heterocycles. The molecule has 0 spiro atoms. The molecule has 0 aliphatic heterocycles. The van der Waals surface area contributed by atoms with Gasteiger partial charge >= 0.3 is 0 Å². The van der Waals surface area contributed by atoms with E-state index in [1.807, 2.05) is 48.5 Å². The molecule has 0 amide bonds. The molecule has 30 heavy (non-hydrogen) atoms. The number of hydrogen-bond donors (Lipinski definition) is 2. The highest BCUT2D eigenvalue weighted by molar-refractivity contribution is 6.31. The smallest absolute Gasteiger partial charge is 0.128 e. The Morgan fingerprint density at radius 3 is 1.43 bits per heavy atom. The lowest BCUT2D eigenvalue weighted by Crippen LogP contribution is -2.29. The van der Waals surface area contributed by atoms with Gasteiger partial charge in [0.05, 0.1) is 13.1 Å². The number of benzene rings is 2. The fraction of sp³-hybridized carbons (Fsp3) is 0.391. The van der Waals surface area contributed by atoms with E-state index in [0.717, 1.165) is 59.0 Å². The predicted octanol–water partition coefficient (Wildman–Crippen LogP) is 4.34. The van der Waals surface area contributed by atoms with Crippen molar-refractivity contribution in [2.45, 2.75) is 13.8 Å². The van der Waals surface area contributed by atoms with E-state index in [9.17, 15) is 0 Å². The minimum absolute atomic E-state index is 0.711. The number of hydrogen-bond acceptors (Lipinski definition) is 3. The van der Waals surface area contributed by atoms with Crippen LogP contribution in [0.5, 0.6) is 0 Å². The first kappa shape index (κ1) is 24.2. The van der Waals surface area contributed by atoms with E-state index in [2.05, 4.69) is 36.4 Å². The lowest BCUT2D eigenvalue weighted by Gasteiger charge is -2.16. The van der Waals surface area contributed by atoms with Crippen LogP contribution < -0.4 is 10.6 Å². The monoisotopic (exact) mass is 447 g/mol. The Kier molecular flexibility index (Phi) is 10.7. The largest absolute Gasteiger partial charge is 0.370 e. The Hall–Kier alpha value is -2.08. The molecule has 0 radical (unpaired) electrons. The van der Waals surface area contributed by atoms with Gasteiger partial charge in [0.2, 0.25) is 0 Å². The van der Waals surface area contributed by atoms with E-state index >= 15 is 0 Å². The minimum Gasteiger partial charge on any atom is -0.370 e. The molecule has 2 aromatic carbocycles. The summed E-state index contributed by atoms with van der Waals surface area (Å²) in [5.74, 6) is 1.80. The summed E-state index contributed by atoms with van der Waals surface area (Å²) in [6.45, 7) is 8.92. The van der Waals surface area contributed by atoms with Gasteiger partial charge in [-0.25, -0.2) is 0 Å². The molecule has 0 unspecified atom stereocenters. The van der Waals surface area contributed by atoms with Gasteiger partial charge in [-0.2, -0.15) is 0 Å². The molecule has 0 bridgehead atoms. The molecule has 0 fully saturated rings. The van der Waals surface area contributed by atoms with Crippen LogP contribution in [-0.4, -0.2) is 62.9 Å². The summed E-state index contributed by atoms with van der Waals surface area (Å²) in [7, 11) is 2.09. The van der Waals surface area contributed by atoms with E-state index in [0.29, 0.717) is 13.1 Å². The maximum absolute atomic E-state index is 5.99. The quantitative estimate of drug-likeness (QED) is 0.420. The van der Waals surface area contributed by atoms with Gasteiger partial charge in [0, 0.05) is 47.4 Å². The van der Waals surface area contributed by atoms with E-state index in [1.165, 1.54) is 0 Å². The molecule has 0 aromatic heterocycles. The minimum atomic E-state index is 0.711. The Bertz CT molecular complexity index is 747. The summed E-state index contributed by atoms with van der Waals surface area (Å²) in [6.07, 6.45) is 0. The first-order chi connectivity index (χ1) is 14.5. The fourth-order valence-electron chi connectivity index (χ4n) is 2.83. The first-order valence-electron chi connectivity index (χ1n) is 10.3. The van der Waals surface area contributed by atoms with Gasteiger partial charge in [-0.3, -0.25) is 9.98 Å². The second-order valence-electron chi connectivity index (χ2n) is 6.84. The fourth-order valence-corrected chi connectivity index (χ4v) is 3.08. The van der Waals surface area contributed by atoms with Gasteiger partial charge in [-0.05, 0) is 69.4 Å². The average Bonchev–Trinajstić information content (AvgIpc) is 2.74. The van der Waals surface area contributed by atoms with Crippen LogP contribution in [0.3, 0.4) is 0 Å². The third-order valence-electron chi connectivity index (χ3n) is 4.43. The predicted molar refractivity (Wildman–Crippen MR) is 131 cm³/mol. The zero-order chi connectivity index (χ0) is 21.8. The molecule has 0 saturated heterocycles. The van der Waals surface area contributed by atoms with Crippen molar-refractivity contribution in [3.05, 3.63) is 69.7 Å². The van der Waals surface area contributed by atoms with Crippen molar-refractivity contribution >= 4 is 34.9 Å². The topological polar surface area (TPSA) is 52.0 Å². The van der Waals surface area contributed by atoms with Gasteiger partial charge in [0.15, 0.2) is 0 Å². The average molecular weight is 448 g/mol. The summed E-state index contributed by atoms with van der Waals surface area (Å²) in [4.78, 5) is 11.7. The summed E-state index contributed by atoms with van der Waals surface area (Å²) in [6, 6.07) is 15.5. The third-order valence-corrected chi connectivity index (χ3v) is 4.93. The second-order valence-corrected chi connectivity index (χ2v) is 7.71. The van der Waals surface area contributed by atoms with Crippen molar-refractivity contribution < 1.29 is 0 Å². The SMILES string of the molecule is CCNC(=NCCN(C)CCN=C(NCC)c1ccc(Cl)cc1)c1ccc(Cl)cc1. The number of nitrogens with one attached hydrogen (secondary N) is 2. The zero-order valence-corrected chi connectivity index (χ0v) is 19.5. The molecule has 5 nitrogen and oxygen atoms in total. The maximum atomic E-state index is 5.99. The van der Waals surface area contributed by atoms with Crippen molar-refractivity contribution in [3.8, 4) is 0 Å². The van der Waals surface area contributed by atoms with Crippen LogP contribution >= 0.6 is 23.2 Å². The summed E-state index contributed by atoms with van der Waals surface area (Å²) < 4.78 is 0. The molecular formula is C23H31Cl2N5. The summed E-state index contributed by atoms with van der Waals surface area (Å²) in [5, 5.41) is 8.12. The van der Waals surface area contributed by atoms with Gasteiger partial charge in [-0.15, -0.1) is 0 Å². The Morgan fingerprint density at radius 2 is 1.10 bits per heavy atom. The van der Waals surface area contributed by atoms with Gasteiger partial charge in [-0.1, -0.05) is 23.2 Å². The van der Waals surface area contributed by atoms with Crippen molar-refractivity contribution in [1.82, 2.24) is 15.5 Å². The summed E-state index contributed by atoms with van der Waals surface area (Å²) in [5.41, 5.74) is 2.10. The zero-order valence-electron chi connectivity index (χ0n) is 18.0. The maximum Gasteiger partial charge on any atom is 0.128 e. The van der Waals surface area contributed by atoms with E-state index in [1.54, 1.807) is 0 Å². The molecule has 0 saturated carbocycles. The van der Waals surface area contributed by atoms with Gasteiger partial charge in [0.1, 0.15) is 11.7 Å². The lowest BCUT2D eigenvalue weighted by atomic mass is 10.2. The molecule has 0 atom stereocenters. The number of amidine groups is 2. The first-order valence-corrected chi connectivity index (χ1v) is 11.1. The van der Waals surface area contributed by atoms with Crippen molar-refractivity contribution in [1.29, 1.82) is 0 Å². The van der Waals surface area contributed by atoms with Crippen LogP contribution in [-0.2, 0) is 0 Å². The molecule has 0 aliphatic carbocycles. The molecule has 2 N–H and O–H groups in total. The Labute approximate surface area is 190 Å². The van der Waals surface area contributed by atoms with Crippen molar-refractivity contribution in [3.63, 3.8) is 0 Å². The number of nitrogens with zero attached hydrogens (tertiary/aromatic N) is 3. The second kappa shape index (κ2) is 13.3. The van der Waals surface area contributed by atoms with Gasteiger partial charge < -0.3 is 15.5 Å². The third kappa shape index (κ3) is 8.34. The molecule has 0 aliphatic rings. The van der Waals surface area contributed by atoms with Crippen LogP contribution in [0.15, 0.2) is 58.5 Å². The van der Waals surface area contributed by atoms with Crippen molar-refractivity contribution in [2.24, 2.45) is 9.98 Å². The van der Waals surface area contributed by atoms with E-state index in [-0.39, 0.29) is 0 Å². The number of rotatable bonds is 10. The van der Waals surface area contributed by atoms with Crippen LogP contribution in [0.4, 0.5) is 0 Å². The molecule has 162 valence electrons. The highest BCUT2D eigenvalue weighted by Crippen LogP contribution is 2.11. The molecule has 7 heteroatoms. The van der Waals surface area contributed by atoms with Crippen molar-refractivity contribution in [2.75, 3.05) is 46.3 Å². The van der Waals surface area contributed by atoms with Crippen LogP contribution in [0.2, 0.25) is 10.0 Å². The normalized spacial score (nSPS) is 12.3. The molecule has 2 aromatic rings. The van der Waals surface area contributed by atoms with Crippen LogP contribution in [0.25, 0.3) is 0 Å². The molecular weight excluding hydrogens is 417 g/mol. The lowest BCUT2D eigenvalue weighted by molar-refractivity contribution is 0.354. The van der Waals surface area contributed by atoms with E-state index < -0.39 is 0 Å². The number of aliphatic imine (C=N–C) groups is 2. The standard InChI is InChI=1S/C23H31Cl2N5/c1-4-26-22(18-6-10-20(24)11-7-18)28-14-16-30(3)17-15-29-23(27-5-2)19-8-12-21(25)13-9-19/h6-13H,4-5,14-17H2,1-3H3,(H,26,28)(H,27,29). The molecule has 2 rings (SSSR count).